The average molecular weight is 257 g/mol. The molecule has 0 aliphatic heterocycles. The Morgan fingerprint density at radius 1 is 1.21 bits per heavy atom. The molecule has 0 fully saturated rings. The van der Waals surface area contributed by atoms with E-state index in [4.69, 9.17) is 11.0 Å². The van der Waals surface area contributed by atoms with Crippen LogP contribution in [0.3, 0.4) is 0 Å². The Balaban J connectivity index is 0. The van der Waals surface area contributed by atoms with Gasteiger partial charge in [0.2, 0.25) is 0 Å². The zero-order chi connectivity index (χ0) is 11.6. The van der Waals surface area contributed by atoms with Gasteiger partial charge >= 0.3 is 0 Å². The minimum absolute atomic E-state index is 0.502. The van der Waals surface area contributed by atoms with E-state index < -0.39 is 0 Å². The molecule has 0 aliphatic carbocycles. The number of hydrogen-bond acceptors (Lipinski definition) is 2. The quantitative estimate of drug-likeness (QED) is 0.715. The van der Waals surface area contributed by atoms with Crippen LogP contribution in [0.4, 0.5) is 5.69 Å². The highest BCUT2D eigenvalue weighted by Crippen LogP contribution is 2.20. The van der Waals surface area contributed by atoms with Crippen molar-refractivity contribution in [3.8, 4) is 6.07 Å². The lowest BCUT2D eigenvalue weighted by Gasteiger charge is -1.96. The SMILES string of the molecule is CC.CC.N#Cc1c(N)cccc1Br. The summed E-state index contributed by atoms with van der Waals surface area (Å²) in [5.41, 5.74) is 6.49. The molecule has 2 N–H and O–H groups in total. The number of nitrogens with zero attached hydrogens (tertiary/aromatic N) is 1. The molecule has 0 bridgehead atoms. The van der Waals surface area contributed by atoms with Gasteiger partial charge < -0.3 is 5.73 Å². The Kier molecular flexibility index (Phi) is 11.1. The summed E-state index contributed by atoms with van der Waals surface area (Å²) in [5.74, 6) is 0. The summed E-state index contributed by atoms with van der Waals surface area (Å²) >= 11 is 3.20. The van der Waals surface area contributed by atoms with Gasteiger partial charge in [-0.3, -0.25) is 0 Å². The molecule has 0 heterocycles. The van der Waals surface area contributed by atoms with Gasteiger partial charge in [-0.05, 0) is 28.1 Å². The van der Waals surface area contributed by atoms with Crippen molar-refractivity contribution in [1.29, 1.82) is 5.26 Å². The Morgan fingerprint density at radius 3 is 2.00 bits per heavy atom. The zero-order valence-corrected chi connectivity index (χ0v) is 10.7. The molecule has 0 atom stereocenters. The summed E-state index contributed by atoms with van der Waals surface area (Å²) in [6.07, 6.45) is 0. The number of halogens is 1. The third-order valence-electron chi connectivity index (χ3n) is 1.16. The van der Waals surface area contributed by atoms with Crippen LogP contribution < -0.4 is 5.73 Å². The van der Waals surface area contributed by atoms with Gasteiger partial charge in [0, 0.05) is 4.47 Å². The standard InChI is InChI=1S/C7H5BrN2.2C2H6/c8-6-2-1-3-7(10)5(6)4-9;2*1-2/h1-3H,10H2;2*1-2H3. The number of nitrogen functional groups attached to an aromatic ring is 1. The second-order valence-corrected chi connectivity index (χ2v) is 2.67. The lowest BCUT2D eigenvalue weighted by molar-refractivity contribution is 1.47. The van der Waals surface area contributed by atoms with E-state index in [9.17, 15) is 0 Å². The van der Waals surface area contributed by atoms with E-state index in [0.29, 0.717) is 11.3 Å². The molecule has 0 aliphatic rings. The van der Waals surface area contributed by atoms with Gasteiger partial charge in [0.25, 0.3) is 0 Å². The number of anilines is 1. The van der Waals surface area contributed by atoms with E-state index in [0.717, 1.165) is 4.47 Å². The maximum atomic E-state index is 8.54. The van der Waals surface area contributed by atoms with Crippen LogP contribution in [-0.4, -0.2) is 0 Å². The highest BCUT2D eigenvalue weighted by Gasteiger charge is 1.99. The molecule has 1 aromatic carbocycles. The van der Waals surface area contributed by atoms with Crippen molar-refractivity contribution in [2.75, 3.05) is 5.73 Å². The molecule has 2 nitrogen and oxygen atoms in total. The average Bonchev–Trinajstić information content (AvgIpc) is 2.24. The first-order chi connectivity index (χ1) is 6.75. The molecular weight excluding hydrogens is 240 g/mol. The predicted molar refractivity (Wildman–Crippen MR) is 66.0 cm³/mol. The van der Waals surface area contributed by atoms with Crippen molar-refractivity contribution in [2.24, 2.45) is 0 Å². The number of hydrogen-bond donors (Lipinski definition) is 1. The fraction of sp³-hybridized carbons (Fsp3) is 0.364. The molecule has 0 radical (unpaired) electrons. The van der Waals surface area contributed by atoms with Crippen LogP contribution in [-0.2, 0) is 0 Å². The third-order valence-corrected chi connectivity index (χ3v) is 1.82. The molecule has 1 rings (SSSR count). The molecule has 0 spiro atoms. The smallest absolute Gasteiger partial charge is 0.102 e. The number of rotatable bonds is 0. The Labute approximate surface area is 94.9 Å². The molecule has 0 unspecified atom stereocenters. The van der Waals surface area contributed by atoms with Crippen LogP contribution in [0.25, 0.3) is 0 Å². The van der Waals surface area contributed by atoms with Gasteiger partial charge in [-0.1, -0.05) is 33.8 Å². The van der Waals surface area contributed by atoms with Gasteiger partial charge in [-0.15, -0.1) is 0 Å². The second kappa shape index (κ2) is 10.1. The van der Waals surface area contributed by atoms with Gasteiger partial charge in [0.05, 0.1) is 11.3 Å². The molecule has 78 valence electrons. The van der Waals surface area contributed by atoms with Gasteiger partial charge in [0.1, 0.15) is 6.07 Å². The first kappa shape index (κ1) is 15.5. The zero-order valence-electron chi connectivity index (χ0n) is 9.13. The Morgan fingerprint density at radius 2 is 1.71 bits per heavy atom. The van der Waals surface area contributed by atoms with E-state index in [2.05, 4.69) is 15.9 Å². The van der Waals surface area contributed by atoms with Crippen molar-refractivity contribution < 1.29 is 0 Å². The van der Waals surface area contributed by atoms with Crippen LogP contribution in [0, 0.1) is 11.3 Å². The van der Waals surface area contributed by atoms with Crippen molar-refractivity contribution in [1.82, 2.24) is 0 Å². The van der Waals surface area contributed by atoms with Crippen molar-refractivity contribution in [3.05, 3.63) is 28.2 Å². The summed E-state index contributed by atoms with van der Waals surface area (Å²) in [7, 11) is 0. The van der Waals surface area contributed by atoms with Crippen molar-refractivity contribution in [3.63, 3.8) is 0 Å². The topological polar surface area (TPSA) is 49.8 Å². The van der Waals surface area contributed by atoms with Crippen molar-refractivity contribution >= 4 is 21.6 Å². The summed E-state index contributed by atoms with van der Waals surface area (Å²) < 4.78 is 0.745. The van der Waals surface area contributed by atoms with Gasteiger partial charge in [-0.2, -0.15) is 5.26 Å². The van der Waals surface area contributed by atoms with Crippen LogP contribution in [0.5, 0.6) is 0 Å². The molecule has 3 heteroatoms. The lowest BCUT2D eigenvalue weighted by atomic mass is 10.2. The van der Waals surface area contributed by atoms with E-state index in [1.54, 1.807) is 18.2 Å². The fourth-order valence-corrected chi connectivity index (χ4v) is 1.13. The first-order valence-electron chi connectivity index (χ1n) is 4.70. The maximum Gasteiger partial charge on any atom is 0.102 e. The number of nitriles is 1. The van der Waals surface area contributed by atoms with Crippen molar-refractivity contribution in [2.45, 2.75) is 27.7 Å². The number of benzene rings is 1. The Bertz CT molecular complexity index is 270. The Hall–Kier alpha value is -1.01. The summed E-state index contributed by atoms with van der Waals surface area (Å²) in [4.78, 5) is 0. The molecular formula is C11H17BrN2. The summed E-state index contributed by atoms with van der Waals surface area (Å²) in [6.45, 7) is 8.00. The minimum Gasteiger partial charge on any atom is -0.398 e. The molecule has 0 saturated carbocycles. The molecule has 0 amide bonds. The highest BCUT2D eigenvalue weighted by atomic mass is 79.9. The van der Waals surface area contributed by atoms with E-state index in [1.165, 1.54) is 0 Å². The molecule has 0 aromatic heterocycles. The maximum absolute atomic E-state index is 8.54. The second-order valence-electron chi connectivity index (χ2n) is 1.82. The molecule has 14 heavy (non-hydrogen) atoms. The normalized spacial score (nSPS) is 7.14. The number of nitrogens with two attached hydrogens (primary N) is 1. The van der Waals surface area contributed by atoms with Gasteiger partial charge in [0.15, 0.2) is 0 Å². The third kappa shape index (κ3) is 4.88. The van der Waals surface area contributed by atoms with Crippen LogP contribution in [0.1, 0.15) is 33.3 Å². The molecule has 0 saturated heterocycles. The minimum atomic E-state index is 0.502. The highest BCUT2D eigenvalue weighted by molar-refractivity contribution is 9.10. The largest absolute Gasteiger partial charge is 0.398 e. The van der Waals surface area contributed by atoms with Gasteiger partial charge in [-0.25, -0.2) is 0 Å². The fourth-order valence-electron chi connectivity index (χ4n) is 0.659. The van der Waals surface area contributed by atoms with Crippen LogP contribution in [0.15, 0.2) is 22.7 Å². The molecule has 1 aromatic rings. The van der Waals surface area contributed by atoms with E-state index in [1.807, 2.05) is 33.8 Å². The summed E-state index contributed by atoms with van der Waals surface area (Å²) in [6, 6.07) is 7.27. The van der Waals surface area contributed by atoms with E-state index >= 15 is 0 Å². The van der Waals surface area contributed by atoms with Crippen LogP contribution in [0.2, 0.25) is 0 Å². The predicted octanol–water partition coefficient (Wildman–Crippen LogP) is 3.96. The van der Waals surface area contributed by atoms with E-state index in [-0.39, 0.29) is 0 Å². The lowest BCUT2D eigenvalue weighted by Crippen LogP contribution is -1.89. The monoisotopic (exact) mass is 256 g/mol. The summed E-state index contributed by atoms with van der Waals surface area (Å²) in [5, 5.41) is 8.54. The first-order valence-corrected chi connectivity index (χ1v) is 5.49. The van der Waals surface area contributed by atoms with Crippen LogP contribution >= 0.6 is 15.9 Å².